The van der Waals surface area contributed by atoms with Crippen LogP contribution in [-0.2, 0) is 4.79 Å². The van der Waals surface area contributed by atoms with E-state index in [1.807, 2.05) is 0 Å². The first-order valence-electron chi connectivity index (χ1n) is 4.10. The summed E-state index contributed by atoms with van der Waals surface area (Å²) in [6.45, 7) is 1.85. The molecule has 2 atom stereocenters. The predicted molar refractivity (Wildman–Crippen MR) is 44.6 cm³/mol. The molecule has 0 saturated carbocycles. The van der Waals surface area contributed by atoms with Crippen molar-refractivity contribution in [2.75, 3.05) is 6.54 Å². The molecule has 0 bridgehead atoms. The van der Waals surface area contributed by atoms with Crippen LogP contribution < -0.4 is 5.54 Å². The van der Waals surface area contributed by atoms with Crippen molar-refractivity contribution in [3.8, 4) is 0 Å². The van der Waals surface area contributed by atoms with Gasteiger partial charge in [-0.05, 0) is 19.8 Å². The van der Waals surface area contributed by atoms with E-state index in [2.05, 4.69) is 0 Å². The van der Waals surface area contributed by atoms with Gasteiger partial charge in [-0.25, -0.2) is 0 Å². The van der Waals surface area contributed by atoms with E-state index in [9.17, 15) is 14.3 Å². The normalized spacial score (nSPS) is 29.2. The molecule has 0 aliphatic carbocycles. The molecule has 1 heterocycles. The molecule has 0 unspecified atom stereocenters. The van der Waals surface area contributed by atoms with Crippen LogP contribution in [-0.4, -0.2) is 46.6 Å². The van der Waals surface area contributed by atoms with E-state index < -0.39 is 25.1 Å². The number of carbonyl (C=O) groups is 1. The fourth-order valence-electron chi connectivity index (χ4n) is 1.66. The van der Waals surface area contributed by atoms with Gasteiger partial charge in [0.25, 0.3) is 0 Å². The van der Waals surface area contributed by atoms with Crippen LogP contribution in [0.3, 0.4) is 0 Å². The number of nitrogens with zero attached hydrogens (tertiary/aromatic N) is 1. The minimum atomic E-state index is -1.12. The second kappa shape index (κ2) is 4.04. The lowest BCUT2D eigenvalue weighted by molar-refractivity contribution is -0.142. The third-order valence-electron chi connectivity index (χ3n) is 2.31. The Hall–Kier alpha value is -0.655. The van der Waals surface area contributed by atoms with Crippen LogP contribution in [0.4, 0.5) is 4.48 Å². The molecule has 0 aromatic carbocycles. The average molecular weight is 190 g/mol. The van der Waals surface area contributed by atoms with Gasteiger partial charge in [0.2, 0.25) is 0 Å². The number of aliphatic carboxylic acids is 1. The zero-order valence-corrected chi connectivity index (χ0v) is 7.27. The van der Waals surface area contributed by atoms with Crippen LogP contribution in [0, 0.1) is 0 Å². The summed E-state index contributed by atoms with van der Waals surface area (Å²) in [5.41, 5.74) is 1.45. The minimum Gasteiger partial charge on any atom is -0.480 e. The number of carboxylic acid groups (broad SMARTS) is 1. The van der Waals surface area contributed by atoms with Gasteiger partial charge in [-0.3, -0.25) is 4.79 Å². The summed E-state index contributed by atoms with van der Waals surface area (Å²) in [5, 5.41) is 18.0. The van der Waals surface area contributed by atoms with Crippen LogP contribution in [0.5, 0.6) is 0 Å². The summed E-state index contributed by atoms with van der Waals surface area (Å²) >= 11 is 0. The molecule has 3 N–H and O–H groups in total. The number of halogens is 1. The van der Waals surface area contributed by atoms with E-state index in [4.69, 9.17) is 5.11 Å². The quantitative estimate of drug-likeness (QED) is 0.397. The molecule has 1 rings (SSSR count). The van der Waals surface area contributed by atoms with Crippen molar-refractivity contribution < 1.29 is 19.4 Å². The van der Waals surface area contributed by atoms with Crippen molar-refractivity contribution in [1.82, 2.24) is 10.3 Å². The third kappa shape index (κ3) is 1.98. The molecule has 13 heavy (non-hydrogen) atoms. The van der Waals surface area contributed by atoms with Crippen molar-refractivity contribution in [3.63, 3.8) is 0 Å². The standard InChI is InChI=1S/C6H12BFN2O3/c1-7(13)10-3-2-4(9-8)5(10)6(11)12/h4-5,9,13H,2-3H2,1H3,(H,11,12)/t4-,5-/m1/s1. The SMILES string of the molecule is CB(O)N1CC[C@@H](NF)[C@@H]1C(=O)O. The molecule has 1 aliphatic heterocycles. The summed E-state index contributed by atoms with van der Waals surface area (Å²) in [7, 11) is -0.862. The van der Waals surface area contributed by atoms with Gasteiger partial charge in [0, 0.05) is 0 Å². The Labute approximate surface area is 75.6 Å². The summed E-state index contributed by atoms with van der Waals surface area (Å²) in [6, 6.07) is -1.71. The van der Waals surface area contributed by atoms with Crippen molar-refractivity contribution in [3.05, 3.63) is 0 Å². The number of carboxylic acids is 1. The van der Waals surface area contributed by atoms with Gasteiger partial charge >= 0.3 is 13.0 Å². The van der Waals surface area contributed by atoms with Gasteiger partial charge in [-0.15, -0.1) is 4.48 Å². The monoisotopic (exact) mass is 190 g/mol. The highest BCUT2D eigenvalue weighted by molar-refractivity contribution is 6.45. The van der Waals surface area contributed by atoms with E-state index in [0.717, 1.165) is 0 Å². The van der Waals surface area contributed by atoms with E-state index in [0.29, 0.717) is 13.0 Å². The minimum absolute atomic E-state index is 0.385. The number of rotatable bonds is 3. The highest BCUT2D eigenvalue weighted by Gasteiger charge is 2.42. The average Bonchev–Trinajstić information content (AvgIpc) is 2.46. The number of hydrogen-bond acceptors (Lipinski definition) is 4. The van der Waals surface area contributed by atoms with Crippen molar-refractivity contribution in [1.29, 1.82) is 0 Å². The van der Waals surface area contributed by atoms with Crippen LogP contribution in [0.25, 0.3) is 0 Å². The summed E-state index contributed by atoms with van der Waals surface area (Å²) in [6.07, 6.45) is 0.387. The van der Waals surface area contributed by atoms with Crippen LogP contribution in [0.15, 0.2) is 0 Å². The smallest absolute Gasteiger partial charge is 0.377 e. The maximum atomic E-state index is 12.1. The van der Waals surface area contributed by atoms with Crippen molar-refractivity contribution in [2.45, 2.75) is 25.3 Å². The lowest BCUT2D eigenvalue weighted by atomic mass is 9.84. The van der Waals surface area contributed by atoms with E-state index in [1.54, 1.807) is 0 Å². The van der Waals surface area contributed by atoms with Gasteiger partial charge in [-0.1, -0.05) is 0 Å². The lowest BCUT2D eigenvalue weighted by Crippen LogP contribution is -2.50. The highest BCUT2D eigenvalue weighted by atomic mass is 19.2. The van der Waals surface area contributed by atoms with Gasteiger partial charge in [0.15, 0.2) is 0 Å². The molecule has 1 saturated heterocycles. The maximum absolute atomic E-state index is 12.1. The van der Waals surface area contributed by atoms with Crippen LogP contribution >= 0.6 is 0 Å². The fraction of sp³-hybridized carbons (Fsp3) is 0.833. The molecular formula is C6H12BFN2O3. The highest BCUT2D eigenvalue weighted by Crippen LogP contribution is 2.19. The first-order chi connectivity index (χ1) is 6.07. The molecule has 1 aliphatic rings. The largest absolute Gasteiger partial charge is 0.480 e. The first kappa shape index (κ1) is 10.4. The molecule has 74 valence electrons. The van der Waals surface area contributed by atoms with Crippen molar-refractivity contribution >= 4 is 13.0 Å². The summed E-state index contributed by atoms with van der Waals surface area (Å²) < 4.78 is 12.1. The molecule has 1 fully saturated rings. The molecule has 5 nitrogen and oxygen atoms in total. The molecule has 0 aromatic heterocycles. The lowest BCUT2D eigenvalue weighted by Gasteiger charge is -2.23. The van der Waals surface area contributed by atoms with Gasteiger partial charge in [0.1, 0.15) is 6.04 Å². The van der Waals surface area contributed by atoms with E-state index in [-0.39, 0.29) is 0 Å². The van der Waals surface area contributed by atoms with Crippen LogP contribution in [0.1, 0.15) is 6.42 Å². The second-order valence-electron chi connectivity index (χ2n) is 3.16. The van der Waals surface area contributed by atoms with Gasteiger partial charge in [0.05, 0.1) is 6.04 Å². The Balaban J connectivity index is 2.73. The Morgan fingerprint density at radius 2 is 2.38 bits per heavy atom. The van der Waals surface area contributed by atoms with Crippen LogP contribution in [0.2, 0.25) is 6.82 Å². The molecule has 0 radical (unpaired) electrons. The third-order valence-corrected chi connectivity index (χ3v) is 2.31. The van der Waals surface area contributed by atoms with E-state index in [1.165, 1.54) is 17.2 Å². The second-order valence-corrected chi connectivity index (χ2v) is 3.16. The van der Waals surface area contributed by atoms with Gasteiger partial charge < -0.3 is 14.9 Å². The molecule has 0 amide bonds. The first-order valence-corrected chi connectivity index (χ1v) is 4.10. The summed E-state index contributed by atoms with van der Waals surface area (Å²) in [5.74, 6) is -1.12. The topological polar surface area (TPSA) is 72.8 Å². The Morgan fingerprint density at radius 1 is 1.77 bits per heavy atom. The Kier molecular flexibility index (Phi) is 3.24. The maximum Gasteiger partial charge on any atom is 0.377 e. The molecule has 7 heteroatoms. The zero-order valence-electron chi connectivity index (χ0n) is 7.27. The molecule has 0 spiro atoms. The summed E-state index contributed by atoms with van der Waals surface area (Å²) in [4.78, 5) is 12.1. The Bertz CT molecular complexity index is 204. The van der Waals surface area contributed by atoms with E-state index >= 15 is 0 Å². The number of nitrogens with one attached hydrogen (secondary N) is 1. The van der Waals surface area contributed by atoms with Crippen molar-refractivity contribution in [2.24, 2.45) is 0 Å². The molecular weight excluding hydrogens is 178 g/mol. The fourth-order valence-corrected chi connectivity index (χ4v) is 1.66. The number of hydrogen-bond donors (Lipinski definition) is 3. The molecule has 0 aromatic rings. The zero-order chi connectivity index (χ0) is 10.0. The Morgan fingerprint density at radius 3 is 2.77 bits per heavy atom. The van der Waals surface area contributed by atoms with Gasteiger partial charge in [-0.2, -0.15) is 5.54 Å². The predicted octanol–water partition coefficient (Wildman–Crippen LogP) is -0.902.